The Morgan fingerprint density at radius 3 is 2.82 bits per heavy atom. The Morgan fingerprint density at radius 2 is 2.12 bits per heavy atom. The molecule has 2 rings (SSSR count). The maximum Gasteiger partial charge on any atom is 0.147 e. The summed E-state index contributed by atoms with van der Waals surface area (Å²) in [4.78, 5) is 6.26. The van der Waals surface area contributed by atoms with Crippen LogP contribution in [0, 0.1) is 0 Å². The van der Waals surface area contributed by atoms with Gasteiger partial charge in [-0.3, -0.25) is 0 Å². The second-order valence-electron chi connectivity index (χ2n) is 3.91. The van der Waals surface area contributed by atoms with Gasteiger partial charge in [0.05, 0.1) is 5.02 Å². The number of nitrogens with two attached hydrogens (primary N) is 1. The highest BCUT2D eigenvalue weighted by atomic mass is 35.5. The molecule has 0 spiro atoms. The van der Waals surface area contributed by atoms with E-state index in [-0.39, 0.29) is 0 Å². The first kappa shape index (κ1) is 11.7. The maximum atomic E-state index is 6.09. The Hall–Kier alpha value is -1.74. The molecule has 0 aliphatic rings. The smallest absolute Gasteiger partial charge is 0.147 e. The Balaban J connectivity index is 2.17. The van der Waals surface area contributed by atoms with E-state index in [1.54, 1.807) is 6.20 Å². The third-order valence-corrected chi connectivity index (χ3v) is 2.77. The molecule has 0 radical (unpaired) electrons. The van der Waals surface area contributed by atoms with E-state index in [0.29, 0.717) is 5.02 Å². The van der Waals surface area contributed by atoms with E-state index in [0.717, 1.165) is 23.6 Å². The first-order valence-corrected chi connectivity index (χ1v) is 5.70. The lowest BCUT2D eigenvalue weighted by Crippen LogP contribution is -2.18. The molecule has 0 atom stereocenters. The highest BCUT2D eigenvalue weighted by molar-refractivity contribution is 6.32. The minimum Gasteiger partial charge on any atom is -0.399 e. The minimum absolute atomic E-state index is 0.652. The van der Waals surface area contributed by atoms with Crippen molar-refractivity contribution in [3.8, 4) is 0 Å². The van der Waals surface area contributed by atoms with Crippen LogP contribution in [0.5, 0.6) is 0 Å². The third kappa shape index (κ3) is 2.88. The quantitative estimate of drug-likeness (QED) is 0.848. The first-order chi connectivity index (χ1) is 8.16. The van der Waals surface area contributed by atoms with E-state index in [2.05, 4.69) is 4.98 Å². The van der Waals surface area contributed by atoms with Gasteiger partial charge in [0.25, 0.3) is 0 Å². The number of hydrogen-bond acceptors (Lipinski definition) is 3. The summed E-state index contributed by atoms with van der Waals surface area (Å²) < 4.78 is 0. The summed E-state index contributed by atoms with van der Waals surface area (Å²) in [6, 6.07) is 11.5. The molecule has 4 heteroatoms. The Morgan fingerprint density at radius 1 is 1.29 bits per heavy atom. The van der Waals surface area contributed by atoms with Crippen molar-refractivity contribution in [1.29, 1.82) is 0 Å². The van der Waals surface area contributed by atoms with Crippen LogP contribution in [0.3, 0.4) is 0 Å². The lowest BCUT2D eigenvalue weighted by Gasteiger charge is -2.19. The van der Waals surface area contributed by atoms with Gasteiger partial charge in [-0.15, -0.1) is 0 Å². The molecule has 17 heavy (non-hydrogen) atoms. The molecular formula is C13H14ClN3. The largest absolute Gasteiger partial charge is 0.399 e. The summed E-state index contributed by atoms with van der Waals surface area (Å²) in [5.74, 6) is 0.775. The molecule has 2 N–H and O–H groups in total. The molecule has 0 saturated carbocycles. The van der Waals surface area contributed by atoms with Crippen LogP contribution < -0.4 is 10.6 Å². The summed E-state index contributed by atoms with van der Waals surface area (Å²) in [6.45, 7) is 0.724. The molecule has 0 aliphatic carbocycles. The highest BCUT2D eigenvalue weighted by Gasteiger charge is 2.07. The predicted molar refractivity (Wildman–Crippen MR) is 72.2 cm³/mol. The normalized spacial score (nSPS) is 10.2. The van der Waals surface area contributed by atoms with Crippen molar-refractivity contribution in [3.05, 3.63) is 53.2 Å². The maximum absolute atomic E-state index is 6.09. The van der Waals surface area contributed by atoms with Gasteiger partial charge in [0.1, 0.15) is 5.82 Å². The number of nitrogens with zero attached hydrogens (tertiary/aromatic N) is 2. The summed E-state index contributed by atoms with van der Waals surface area (Å²) in [7, 11) is 1.96. The number of rotatable bonds is 3. The number of benzene rings is 1. The van der Waals surface area contributed by atoms with E-state index in [1.807, 2.05) is 48.3 Å². The zero-order valence-corrected chi connectivity index (χ0v) is 10.4. The van der Waals surface area contributed by atoms with E-state index in [1.165, 1.54) is 0 Å². The van der Waals surface area contributed by atoms with Crippen molar-refractivity contribution in [3.63, 3.8) is 0 Å². The topological polar surface area (TPSA) is 42.1 Å². The molecule has 88 valence electrons. The molecule has 1 aromatic heterocycles. The van der Waals surface area contributed by atoms with E-state index < -0.39 is 0 Å². The van der Waals surface area contributed by atoms with Crippen LogP contribution in [-0.2, 0) is 6.54 Å². The molecule has 0 saturated heterocycles. The number of hydrogen-bond donors (Lipinski definition) is 1. The van der Waals surface area contributed by atoms with Gasteiger partial charge in [0.15, 0.2) is 0 Å². The third-order valence-electron chi connectivity index (χ3n) is 2.47. The molecule has 0 unspecified atom stereocenters. The van der Waals surface area contributed by atoms with Crippen LogP contribution >= 0.6 is 11.6 Å². The molecular weight excluding hydrogens is 234 g/mol. The molecule has 1 aromatic carbocycles. The second kappa shape index (κ2) is 5.06. The zero-order valence-electron chi connectivity index (χ0n) is 9.60. The average Bonchev–Trinajstić information content (AvgIpc) is 2.29. The van der Waals surface area contributed by atoms with Crippen LogP contribution in [0.4, 0.5) is 11.5 Å². The zero-order chi connectivity index (χ0) is 12.3. The van der Waals surface area contributed by atoms with Gasteiger partial charge in [-0.2, -0.15) is 0 Å². The van der Waals surface area contributed by atoms with Crippen molar-refractivity contribution in [1.82, 2.24) is 4.98 Å². The van der Waals surface area contributed by atoms with Gasteiger partial charge >= 0.3 is 0 Å². The van der Waals surface area contributed by atoms with Gasteiger partial charge in [0.2, 0.25) is 0 Å². The number of aromatic nitrogens is 1. The number of pyridine rings is 1. The monoisotopic (exact) mass is 247 g/mol. The van der Waals surface area contributed by atoms with Crippen molar-refractivity contribution in [2.45, 2.75) is 6.54 Å². The molecule has 1 heterocycles. The summed E-state index contributed by atoms with van der Waals surface area (Å²) in [6.07, 6.45) is 1.73. The second-order valence-corrected chi connectivity index (χ2v) is 4.32. The van der Waals surface area contributed by atoms with Crippen LogP contribution in [0.25, 0.3) is 0 Å². The number of nitrogen functional groups attached to an aromatic ring is 1. The van der Waals surface area contributed by atoms with Crippen LogP contribution in [0.1, 0.15) is 5.56 Å². The highest BCUT2D eigenvalue weighted by Crippen LogP contribution is 2.22. The van der Waals surface area contributed by atoms with Crippen molar-refractivity contribution >= 4 is 23.1 Å². The summed E-state index contributed by atoms with van der Waals surface area (Å²) >= 11 is 6.09. The number of anilines is 2. The predicted octanol–water partition coefficient (Wildman–Crippen LogP) is 2.95. The van der Waals surface area contributed by atoms with E-state index in [9.17, 15) is 0 Å². The fourth-order valence-electron chi connectivity index (χ4n) is 1.70. The fraction of sp³-hybridized carbons (Fsp3) is 0.154. The van der Waals surface area contributed by atoms with Gasteiger partial charge in [-0.05, 0) is 29.8 Å². The standard InChI is InChI=1S/C13H14ClN3/c1-17(13-12(14)6-3-7-16-13)9-10-4-2-5-11(15)8-10/h2-8H,9,15H2,1H3. The Labute approximate surface area is 106 Å². The van der Waals surface area contributed by atoms with Crippen molar-refractivity contribution in [2.24, 2.45) is 0 Å². The summed E-state index contributed by atoms with van der Waals surface area (Å²) in [5.41, 5.74) is 7.64. The lowest BCUT2D eigenvalue weighted by molar-refractivity contribution is 0.899. The van der Waals surface area contributed by atoms with Gasteiger partial charge in [0, 0.05) is 25.5 Å². The van der Waals surface area contributed by atoms with Crippen LogP contribution in [0.15, 0.2) is 42.6 Å². The van der Waals surface area contributed by atoms with Gasteiger partial charge < -0.3 is 10.6 Å². The lowest BCUT2D eigenvalue weighted by atomic mass is 10.2. The minimum atomic E-state index is 0.652. The molecule has 0 aliphatic heterocycles. The van der Waals surface area contributed by atoms with Gasteiger partial charge in [-0.25, -0.2) is 4.98 Å². The van der Waals surface area contributed by atoms with Crippen LogP contribution in [0.2, 0.25) is 5.02 Å². The molecule has 0 amide bonds. The van der Waals surface area contributed by atoms with Crippen LogP contribution in [-0.4, -0.2) is 12.0 Å². The SMILES string of the molecule is CN(Cc1cccc(N)c1)c1ncccc1Cl. The average molecular weight is 248 g/mol. The molecule has 3 nitrogen and oxygen atoms in total. The first-order valence-electron chi connectivity index (χ1n) is 5.33. The molecule has 2 aromatic rings. The van der Waals surface area contributed by atoms with E-state index in [4.69, 9.17) is 17.3 Å². The van der Waals surface area contributed by atoms with E-state index >= 15 is 0 Å². The Bertz CT molecular complexity index is 514. The molecule has 0 bridgehead atoms. The number of halogens is 1. The fourth-order valence-corrected chi connectivity index (χ4v) is 1.96. The van der Waals surface area contributed by atoms with Crippen molar-refractivity contribution in [2.75, 3.05) is 17.7 Å². The Kier molecular flexibility index (Phi) is 3.49. The van der Waals surface area contributed by atoms with Crippen molar-refractivity contribution < 1.29 is 0 Å². The van der Waals surface area contributed by atoms with Gasteiger partial charge in [-0.1, -0.05) is 23.7 Å². The summed E-state index contributed by atoms with van der Waals surface area (Å²) in [5, 5.41) is 0.652. The molecule has 0 fully saturated rings.